The molecule has 51 heavy (non-hydrogen) atoms. The van der Waals surface area contributed by atoms with Gasteiger partial charge in [-0.15, -0.1) is 0 Å². The van der Waals surface area contributed by atoms with Crippen molar-refractivity contribution in [3.8, 4) is 0 Å². The summed E-state index contributed by atoms with van der Waals surface area (Å²) in [6, 6.07) is 25.6. The Balaban J connectivity index is 1.38. The number of aliphatic imine (C=N–C) groups is 1. The average molecular weight is 733 g/mol. The highest BCUT2D eigenvalue weighted by molar-refractivity contribution is 7.90. The molecular weight excluding hydrogens is 680 g/mol. The van der Waals surface area contributed by atoms with Gasteiger partial charge in [0.05, 0.1) is 34.9 Å². The monoisotopic (exact) mass is 732 g/mol. The van der Waals surface area contributed by atoms with E-state index in [-0.39, 0.29) is 29.8 Å². The zero-order valence-corrected chi connectivity index (χ0v) is 33.0. The fourth-order valence-electron chi connectivity index (χ4n) is 8.72. The second-order valence-corrected chi connectivity index (χ2v) is 20.9. The molecule has 10 heteroatoms. The Bertz CT molecular complexity index is 1870. The summed E-state index contributed by atoms with van der Waals surface area (Å²) in [5.41, 5.74) is 1.93. The lowest BCUT2D eigenvalue weighted by Crippen LogP contribution is -2.48. The normalized spacial score (nSPS) is 24.3. The van der Waals surface area contributed by atoms with Crippen LogP contribution in [0.2, 0.25) is 0 Å². The van der Waals surface area contributed by atoms with Crippen molar-refractivity contribution < 1.29 is 26.8 Å². The Kier molecular flexibility index (Phi) is 9.89. The Morgan fingerprint density at radius 2 is 1.37 bits per heavy atom. The maximum Gasteiger partial charge on any atom is 0.336 e. The highest BCUT2D eigenvalue weighted by atomic mass is 32.2. The number of nitrogens with zero attached hydrogens (tertiary/aromatic N) is 2. The van der Waals surface area contributed by atoms with Crippen molar-refractivity contribution in [1.82, 2.24) is 4.31 Å². The average Bonchev–Trinajstić information content (AvgIpc) is 3.51. The van der Waals surface area contributed by atoms with Gasteiger partial charge in [-0.2, -0.15) is 0 Å². The van der Waals surface area contributed by atoms with Gasteiger partial charge in [0.15, 0.2) is 0 Å². The first-order valence-corrected chi connectivity index (χ1v) is 21.4. The van der Waals surface area contributed by atoms with E-state index in [1.54, 1.807) is 0 Å². The Hall–Kier alpha value is -3.10. The van der Waals surface area contributed by atoms with Crippen LogP contribution in [0.1, 0.15) is 96.9 Å². The van der Waals surface area contributed by atoms with Crippen molar-refractivity contribution in [2.75, 3.05) is 5.75 Å². The van der Waals surface area contributed by atoms with Gasteiger partial charge in [0.2, 0.25) is 10.0 Å². The molecule has 1 spiro atoms. The van der Waals surface area contributed by atoms with E-state index in [0.29, 0.717) is 18.1 Å². The van der Waals surface area contributed by atoms with Gasteiger partial charge in [-0.3, -0.25) is 14.4 Å². The Labute approximate surface area is 304 Å². The number of hydrogen-bond donors (Lipinski definition) is 0. The van der Waals surface area contributed by atoms with Crippen LogP contribution in [0.5, 0.6) is 0 Å². The summed E-state index contributed by atoms with van der Waals surface area (Å²) in [4.78, 5) is 20.1. The number of rotatable bonds is 10. The van der Waals surface area contributed by atoms with Gasteiger partial charge in [0, 0.05) is 23.0 Å². The van der Waals surface area contributed by atoms with E-state index in [2.05, 4.69) is 13.8 Å². The van der Waals surface area contributed by atoms with Gasteiger partial charge in [0.1, 0.15) is 6.04 Å². The number of amides is 1. The van der Waals surface area contributed by atoms with Gasteiger partial charge in [-0.05, 0) is 83.3 Å². The van der Waals surface area contributed by atoms with E-state index in [0.717, 1.165) is 35.1 Å². The third-order valence-corrected chi connectivity index (χ3v) is 15.3. The minimum absolute atomic E-state index is 0.00257. The molecule has 6 rings (SSSR count). The second kappa shape index (κ2) is 13.4. The fourth-order valence-corrected chi connectivity index (χ4v) is 13.8. The fraction of sp³-hybridized carbons (Fsp3) is 0.512. The molecule has 3 fully saturated rings. The molecule has 3 aromatic carbocycles. The molecule has 8 nitrogen and oxygen atoms in total. The summed E-state index contributed by atoms with van der Waals surface area (Å²) in [5, 5.41) is 0. The minimum atomic E-state index is -3.86. The molecule has 0 radical (unpaired) electrons. The van der Waals surface area contributed by atoms with Crippen LogP contribution in [0.15, 0.2) is 89.9 Å². The van der Waals surface area contributed by atoms with Crippen LogP contribution >= 0.6 is 7.60 Å². The van der Waals surface area contributed by atoms with E-state index in [1.165, 1.54) is 4.31 Å². The third kappa shape index (κ3) is 7.69. The zero-order chi connectivity index (χ0) is 37.0. The van der Waals surface area contributed by atoms with E-state index in [1.807, 2.05) is 126 Å². The number of carbonyl (C=O) groups excluding carboxylic acids is 1. The quantitative estimate of drug-likeness (QED) is 0.153. The number of hydrogen-bond acceptors (Lipinski definition) is 7. The summed E-state index contributed by atoms with van der Waals surface area (Å²) < 4.78 is 55.4. The Morgan fingerprint density at radius 3 is 1.86 bits per heavy atom. The predicted octanol–water partition coefficient (Wildman–Crippen LogP) is 8.83. The van der Waals surface area contributed by atoms with E-state index >= 15 is 0 Å². The first-order valence-electron chi connectivity index (χ1n) is 18.1. The van der Waals surface area contributed by atoms with Gasteiger partial charge in [-0.1, -0.05) is 98.8 Å². The SMILES string of the molecule is CC(C)(C)OP(=O)(Cc1ccc(C[C@H](N=C(c2ccccc2)c2ccccc2)C(=O)N2[C@@H]3C[C@H]4CC[C@]3(CS2(=O)=O)C4(C)C)cc1)OC(C)(C)C. The van der Waals surface area contributed by atoms with Crippen molar-refractivity contribution in [3.05, 3.63) is 107 Å². The molecule has 274 valence electrons. The maximum absolute atomic E-state index is 14.9. The lowest BCUT2D eigenvalue weighted by atomic mass is 9.69. The molecule has 1 amide bonds. The molecule has 4 atom stereocenters. The summed E-state index contributed by atoms with van der Waals surface area (Å²) in [6.07, 6.45) is 2.78. The van der Waals surface area contributed by atoms with Crippen LogP contribution in [0.25, 0.3) is 0 Å². The van der Waals surface area contributed by atoms with Crippen molar-refractivity contribution in [2.45, 2.75) is 111 Å². The molecule has 0 unspecified atom stereocenters. The molecule has 2 aliphatic carbocycles. The van der Waals surface area contributed by atoms with Crippen LogP contribution in [-0.2, 0) is 41.0 Å². The highest BCUT2D eigenvalue weighted by Gasteiger charge is 2.72. The molecule has 1 saturated heterocycles. The lowest BCUT2D eigenvalue weighted by molar-refractivity contribution is -0.130. The van der Waals surface area contributed by atoms with Crippen molar-refractivity contribution in [1.29, 1.82) is 0 Å². The van der Waals surface area contributed by atoms with Gasteiger partial charge in [-0.25, -0.2) is 12.7 Å². The number of carbonyl (C=O) groups is 1. The molecule has 2 bridgehead atoms. The minimum Gasteiger partial charge on any atom is -0.303 e. The summed E-state index contributed by atoms with van der Waals surface area (Å²) in [7, 11) is -7.40. The zero-order valence-electron chi connectivity index (χ0n) is 31.3. The molecule has 3 aliphatic rings. The lowest BCUT2D eigenvalue weighted by Gasteiger charge is -2.37. The molecule has 3 aromatic rings. The summed E-state index contributed by atoms with van der Waals surface area (Å²) in [5.74, 6) is -0.0920. The standard InChI is InChI=1S/C41H53N2O6PS/c1-38(2,3)48-50(45,49-39(4,5)6)27-30-21-19-29(20-22-30)25-34(42-36(31-15-11-9-12-16-31)32-17-13-10-14-18-32)37(44)43-35-26-33-23-24-41(35,40(33,7)8)28-51(43,46)47/h9-22,33-35H,23-28H2,1-8H3/t33-,34+,35-,41-/m1/s1. The molecular formula is C41H53N2O6PS. The van der Waals surface area contributed by atoms with Gasteiger partial charge >= 0.3 is 7.60 Å². The van der Waals surface area contributed by atoms with Crippen LogP contribution in [-0.4, -0.2) is 53.4 Å². The van der Waals surface area contributed by atoms with Crippen molar-refractivity contribution in [2.24, 2.45) is 21.7 Å². The number of sulfonamides is 1. The first kappa shape index (κ1) is 37.7. The van der Waals surface area contributed by atoms with Crippen molar-refractivity contribution in [3.63, 3.8) is 0 Å². The number of fused-ring (bicyclic) bond motifs is 1. The summed E-state index contributed by atoms with van der Waals surface area (Å²) in [6.45, 7) is 15.5. The molecule has 2 saturated carbocycles. The van der Waals surface area contributed by atoms with Crippen LogP contribution in [0, 0.1) is 16.7 Å². The number of benzene rings is 3. The van der Waals surface area contributed by atoms with E-state index in [4.69, 9.17) is 14.0 Å². The summed E-state index contributed by atoms with van der Waals surface area (Å²) >= 11 is 0. The first-order chi connectivity index (χ1) is 23.7. The topological polar surface area (TPSA) is 102 Å². The second-order valence-electron chi connectivity index (χ2n) is 17.2. The van der Waals surface area contributed by atoms with E-state index < -0.39 is 46.2 Å². The van der Waals surface area contributed by atoms with Gasteiger partial charge < -0.3 is 9.05 Å². The van der Waals surface area contributed by atoms with Crippen molar-refractivity contribution >= 4 is 29.2 Å². The van der Waals surface area contributed by atoms with Crippen LogP contribution < -0.4 is 0 Å². The molecule has 1 heterocycles. The molecule has 0 N–H and O–H groups in total. The molecule has 1 aliphatic heterocycles. The van der Waals surface area contributed by atoms with Crippen LogP contribution in [0.4, 0.5) is 0 Å². The smallest absolute Gasteiger partial charge is 0.303 e. The predicted molar refractivity (Wildman–Crippen MR) is 203 cm³/mol. The highest BCUT2D eigenvalue weighted by Crippen LogP contribution is 2.70. The maximum atomic E-state index is 14.9. The molecule has 0 aromatic heterocycles. The van der Waals surface area contributed by atoms with Crippen LogP contribution in [0.3, 0.4) is 0 Å². The van der Waals surface area contributed by atoms with E-state index in [9.17, 15) is 17.8 Å². The van der Waals surface area contributed by atoms with Gasteiger partial charge in [0.25, 0.3) is 5.91 Å². The Morgan fingerprint density at radius 1 is 0.863 bits per heavy atom. The third-order valence-electron chi connectivity index (χ3n) is 10.9. The largest absolute Gasteiger partial charge is 0.336 e.